The summed E-state index contributed by atoms with van der Waals surface area (Å²) < 4.78 is 13.2. The van der Waals surface area contributed by atoms with Crippen LogP contribution in [0.1, 0.15) is 33.1 Å². The Morgan fingerprint density at radius 1 is 0.973 bits per heavy atom. The topological polar surface area (TPSA) is 109 Å². The lowest BCUT2D eigenvalue weighted by atomic mass is 10.1. The normalized spacial score (nSPS) is 11.1. The third-order valence-electron chi connectivity index (χ3n) is 6.22. The van der Waals surface area contributed by atoms with Gasteiger partial charge in [-0.1, -0.05) is 36.4 Å². The number of rotatable bonds is 5. The number of fused-ring (bicyclic) bond motifs is 1. The first kappa shape index (κ1) is 23.9. The van der Waals surface area contributed by atoms with E-state index in [0.717, 1.165) is 15.7 Å². The lowest BCUT2D eigenvalue weighted by Crippen LogP contribution is -2.41. The summed E-state index contributed by atoms with van der Waals surface area (Å²) in [5, 5.41) is -0.0128. The Bertz CT molecular complexity index is 1780. The molecule has 0 spiro atoms. The van der Waals surface area contributed by atoms with Crippen LogP contribution in [0, 0.1) is 20.8 Å². The lowest BCUT2D eigenvalue weighted by Gasteiger charge is -2.15. The second kappa shape index (κ2) is 9.34. The number of carbonyl (C=O) groups is 1. The van der Waals surface area contributed by atoms with Crippen LogP contribution in [0.2, 0.25) is 0 Å². The van der Waals surface area contributed by atoms with Gasteiger partial charge >= 0.3 is 11.7 Å². The van der Waals surface area contributed by atoms with Crippen LogP contribution in [0.15, 0.2) is 74.7 Å². The van der Waals surface area contributed by atoms with E-state index in [9.17, 15) is 14.4 Å². The Labute approximate surface area is 211 Å². The van der Waals surface area contributed by atoms with Crippen LogP contribution in [0.3, 0.4) is 0 Å². The van der Waals surface area contributed by atoms with Crippen LogP contribution in [0.4, 0.5) is 0 Å². The molecule has 0 radical (unpaired) electrons. The number of aromatic nitrogens is 4. The molecular weight excluding hydrogens is 472 g/mol. The van der Waals surface area contributed by atoms with Crippen molar-refractivity contribution in [3.05, 3.63) is 110 Å². The van der Waals surface area contributed by atoms with Gasteiger partial charge in [0.15, 0.2) is 5.65 Å². The smallest absolute Gasteiger partial charge is 0.338 e. The van der Waals surface area contributed by atoms with Gasteiger partial charge in [-0.2, -0.15) is 0 Å². The predicted octanol–water partition coefficient (Wildman–Crippen LogP) is 3.96. The number of hydrogen-bond acceptors (Lipinski definition) is 7. The third kappa shape index (κ3) is 4.14. The number of methoxy groups -OCH3 is 1. The molecule has 0 aliphatic rings. The van der Waals surface area contributed by atoms with Gasteiger partial charge in [0, 0.05) is 11.3 Å². The molecule has 2 aromatic carbocycles. The summed E-state index contributed by atoms with van der Waals surface area (Å²) in [6, 6.07) is 18.0. The number of carbonyl (C=O) groups excluding carboxylic acids is 1. The number of esters is 1. The standard InChI is InChI=1S/C28H24N4O5/c1-16-10-8-9-13-20(16)25-30-22(18(3)37-25)15-31-26(33)23-21(27(34)36-4)14-17(2)29-24(23)32(28(31)35)19-11-6-5-7-12-19/h5-14H,15H2,1-4H3. The van der Waals surface area contributed by atoms with Gasteiger partial charge in [-0.05, 0) is 50.6 Å². The van der Waals surface area contributed by atoms with Gasteiger partial charge in [-0.15, -0.1) is 0 Å². The van der Waals surface area contributed by atoms with Gasteiger partial charge < -0.3 is 9.15 Å². The van der Waals surface area contributed by atoms with Crippen LogP contribution < -0.4 is 11.2 Å². The first-order valence-electron chi connectivity index (χ1n) is 11.6. The molecule has 0 amide bonds. The van der Waals surface area contributed by atoms with Gasteiger partial charge in [0.05, 0.1) is 30.3 Å². The fourth-order valence-corrected chi connectivity index (χ4v) is 4.34. The van der Waals surface area contributed by atoms with E-state index >= 15 is 0 Å². The van der Waals surface area contributed by atoms with Crippen molar-refractivity contribution in [1.82, 2.24) is 19.1 Å². The largest absolute Gasteiger partial charge is 0.465 e. The maximum Gasteiger partial charge on any atom is 0.338 e. The fourth-order valence-electron chi connectivity index (χ4n) is 4.34. The average Bonchev–Trinajstić information content (AvgIpc) is 3.26. The van der Waals surface area contributed by atoms with E-state index in [1.807, 2.05) is 37.3 Å². The van der Waals surface area contributed by atoms with Crippen molar-refractivity contribution >= 4 is 17.0 Å². The quantitative estimate of drug-likeness (QED) is 0.339. The highest BCUT2D eigenvalue weighted by molar-refractivity contribution is 6.02. The predicted molar refractivity (Wildman–Crippen MR) is 138 cm³/mol. The minimum Gasteiger partial charge on any atom is -0.465 e. The van der Waals surface area contributed by atoms with Gasteiger partial charge in [-0.3, -0.25) is 9.36 Å². The molecule has 3 aromatic heterocycles. The molecule has 0 N–H and O–H groups in total. The van der Waals surface area contributed by atoms with E-state index in [4.69, 9.17) is 9.15 Å². The summed E-state index contributed by atoms with van der Waals surface area (Å²) in [6.45, 7) is 5.21. The number of para-hydroxylation sites is 1. The maximum atomic E-state index is 13.8. The van der Waals surface area contributed by atoms with Gasteiger partial charge in [-0.25, -0.2) is 24.1 Å². The third-order valence-corrected chi connectivity index (χ3v) is 6.22. The van der Waals surface area contributed by atoms with E-state index in [2.05, 4.69) is 9.97 Å². The molecule has 0 fully saturated rings. The zero-order chi connectivity index (χ0) is 26.3. The summed E-state index contributed by atoms with van der Waals surface area (Å²) in [5.74, 6) is 0.179. The number of benzene rings is 2. The van der Waals surface area contributed by atoms with Crippen molar-refractivity contribution in [2.45, 2.75) is 27.3 Å². The Kier molecular flexibility index (Phi) is 6.04. The van der Waals surface area contributed by atoms with E-state index in [1.165, 1.54) is 17.7 Å². The molecule has 0 atom stereocenters. The maximum absolute atomic E-state index is 13.8. The Balaban J connectivity index is 1.79. The summed E-state index contributed by atoms with van der Waals surface area (Å²) in [5.41, 5.74) is 2.02. The summed E-state index contributed by atoms with van der Waals surface area (Å²) >= 11 is 0. The monoisotopic (exact) mass is 496 g/mol. The molecule has 0 bridgehead atoms. The van der Waals surface area contributed by atoms with Crippen LogP contribution in [0.25, 0.3) is 28.2 Å². The molecule has 186 valence electrons. The molecule has 0 aliphatic carbocycles. The second-order valence-corrected chi connectivity index (χ2v) is 8.68. The SMILES string of the molecule is COC(=O)c1cc(C)nc2c1c(=O)n(Cc1nc(-c3ccccc3C)oc1C)c(=O)n2-c1ccccc1. The van der Waals surface area contributed by atoms with Crippen LogP contribution in [-0.2, 0) is 11.3 Å². The van der Waals surface area contributed by atoms with E-state index in [-0.39, 0.29) is 23.1 Å². The van der Waals surface area contributed by atoms with E-state index in [1.54, 1.807) is 38.1 Å². The number of oxazole rings is 1. The van der Waals surface area contributed by atoms with Gasteiger partial charge in [0.1, 0.15) is 11.5 Å². The summed E-state index contributed by atoms with van der Waals surface area (Å²) in [4.78, 5) is 49.4. The lowest BCUT2D eigenvalue weighted by molar-refractivity contribution is 0.0602. The number of nitrogens with zero attached hydrogens (tertiary/aromatic N) is 4. The number of hydrogen-bond donors (Lipinski definition) is 0. The highest BCUT2D eigenvalue weighted by atomic mass is 16.5. The second-order valence-electron chi connectivity index (χ2n) is 8.68. The van der Waals surface area contributed by atoms with Crippen LogP contribution in [-0.4, -0.2) is 32.2 Å². The molecule has 0 saturated carbocycles. The van der Waals surface area contributed by atoms with Crippen LogP contribution >= 0.6 is 0 Å². The van der Waals surface area contributed by atoms with Crippen molar-refractivity contribution in [3.63, 3.8) is 0 Å². The molecule has 5 aromatic rings. The molecule has 0 unspecified atom stereocenters. The van der Waals surface area contributed by atoms with Crippen molar-refractivity contribution in [3.8, 4) is 17.1 Å². The summed E-state index contributed by atoms with van der Waals surface area (Å²) in [6.07, 6.45) is 0. The molecule has 9 nitrogen and oxygen atoms in total. The highest BCUT2D eigenvalue weighted by Gasteiger charge is 2.24. The average molecular weight is 497 g/mol. The van der Waals surface area contributed by atoms with E-state index in [0.29, 0.717) is 28.7 Å². The first-order chi connectivity index (χ1) is 17.8. The Morgan fingerprint density at radius 2 is 1.68 bits per heavy atom. The molecular formula is C28H24N4O5. The van der Waals surface area contributed by atoms with Crippen LogP contribution in [0.5, 0.6) is 0 Å². The molecule has 5 rings (SSSR count). The molecule has 9 heteroatoms. The number of aryl methyl sites for hydroxylation is 3. The Morgan fingerprint density at radius 3 is 2.38 bits per heavy atom. The first-order valence-corrected chi connectivity index (χ1v) is 11.6. The molecule has 3 heterocycles. The highest BCUT2D eigenvalue weighted by Crippen LogP contribution is 2.25. The summed E-state index contributed by atoms with van der Waals surface area (Å²) in [7, 11) is 1.24. The minimum atomic E-state index is -0.697. The number of ether oxygens (including phenoxy) is 1. The molecule has 0 aliphatic heterocycles. The Hall–Kier alpha value is -4.79. The zero-order valence-electron chi connectivity index (χ0n) is 20.8. The van der Waals surface area contributed by atoms with Gasteiger partial charge in [0.25, 0.3) is 5.56 Å². The van der Waals surface area contributed by atoms with Crippen molar-refractivity contribution < 1.29 is 13.9 Å². The van der Waals surface area contributed by atoms with Gasteiger partial charge in [0.2, 0.25) is 5.89 Å². The molecule has 37 heavy (non-hydrogen) atoms. The minimum absolute atomic E-state index is 0.0128. The van der Waals surface area contributed by atoms with Crippen molar-refractivity contribution in [2.24, 2.45) is 0 Å². The zero-order valence-corrected chi connectivity index (χ0v) is 20.8. The number of pyridine rings is 1. The van der Waals surface area contributed by atoms with E-state index < -0.39 is 17.2 Å². The van der Waals surface area contributed by atoms with Crippen molar-refractivity contribution in [1.29, 1.82) is 0 Å². The fraction of sp³-hybridized carbons (Fsp3) is 0.179. The van der Waals surface area contributed by atoms with Crippen molar-refractivity contribution in [2.75, 3.05) is 7.11 Å². The molecule has 0 saturated heterocycles.